The number of amides is 1. The van der Waals surface area contributed by atoms with E-state index in [2.05, 4.69) is 48.0 Å². The van der Waals surface area contributed by atoms with Gasteiger partial charge in [-0.3, -0.25) is 4.79 Å². The third-order valence-electron chi connectivity index (χ3n) is 6.32. The zero-order chi connectivity index (χ0) is 18.8. The van der Waals surface area contributed by atoms with Gasteiger partial charge in [-0.05, 0) is 44.9 Å². The van der Waals surface area contributed by atoms with Crippen LogP contribution in [0.4, 0.5) is 0 Å². The lowest BCUT2D eigenvalue weighted by Crippen LogP contribution is -2.41. The average molecular weight is 366 g/mol. The van der Waals surface area contributed by atoms with Crippen molar-refractivity contribution in [2.75, 3.05) is 0 Å². The Morgan fingerprint density at radius 1 is 1.07 bits per heavy atom. The number of carbonyl (C=O) groups excluding carboxylic acids is 1. The molecular weight excluding hydrogens is 334 g/mol. The molecular formula is C23H31N3O. The summed E-state index contributed by atoms with van der Waals surface area (Å²) in [6.07, 6.45) is 9.25. The number of nitrogens with one attached hydrogen (secondary N) is 1. The molecule has 1 N–H and O–H groups in total. The summed E-state index contributed by atoms with van der Waals surface area (Å²) in [5.41, 5.74) is 4.13. The maximum Gasteiger partial charge on any atom is 0.272 e. The summed E-state index contributed by atoms with van der Waals surface area (Å²) in [6, 6.07) is 8.78. The number of imidazole rings is 1. The van der Waals surface area contributed by atoms with E-state index >= 15 is 0 Å². The fourth-order valence-corrected chi connectivity index (χ4v) is 4.59. The molecule has 1 fully saturated rings. The van der Waals surface area contributed by atoms with Crippen molar-refractivity contribution in [3.8, 4) is 11.4 Å². The summed E-state index contributed by atoms with van der Waals surface area (Å²) in [4.78, 5) is 18.0. The van der Waals surface area contributed by atoms with E-state index < -0.39 is 0 Å². The second-order valence-corrected chi connectivity index (χ2v) is 8.40. The van der Waals surface area contributed by atoms with E-state index in [0.29, 0.717) is 11.6 Å². The molecule has 144 valence electrons. The van der Waals surface area contributed by atoms with Crippen LogP contribution in [-0.2, 0) is 13.0 Å². The summed E-state index contributed by atoms with van der Waals surface area (Å²) in [6.45, 7) is 5.31. The number of hydrogen-bond donors (Lipinski definition) is 1. The van der Waals surface area contributed by atoms with Gasteiger partial charge in [0, 0.05) is 18.2 Å². The molecule has 1 amide bonds. The Bertz CT molecular complexity index is 806. The topological polar surface area (TPSA) is 46.9 Å². The van der Waals surface area contributed by atoms with Crippen molar-refractivity contribution in [2.24, 2.45) is 5.92 Å². The first-order valence-electron chi connectivity index (χ1n) is 10.6. The van der Waals surface area contributed by atoms with Gasteiger partial charge >= 0.3 is 0 Å². The molecule has 0 radical (unpaired) electrons. The molecule has 2 aliphatic rings. The number of rotatable bonds is 3. The molecule has 0 spiro atoms. The number of carbonyl (C=O) groups is 1. The van der Waals surface area contributed by atoms with Gasteiger partial charge in [-0.1, -0.05) is 56.0 Å². The largest absolute Gasteiger partial charge is 0.348 e. The second kappa shape index (κ2) is 7.87. The van der Waals surface area contributed by atoms with Gasteiger partial charge < -0.3 is 9.88 Å². The molecule has 1 aliphatic carbocycles. The van der Waals surface area contributed by atoms with E-state index in [1.807, 2.05) is 0 Å². The predicted octanol–water partition coefficient (Wildman–Crippen LogP) is 4.89. The van der Waals surface area contributed by atoms with Crippen LogP contribution in [0, 0.1) is 12.8 Å². The Hall–Kier alpha value is -2.10. The molecule has 1 aromatic heterocycles. The van der Waals surface area contributed by atoms with E-state index in [-0.39, 0.29) is 11.9 Å². The van der Waals surface area contributed by atoms with Crippen LogP contribution < -0.4 is 5.32 Å². The van der Waals surface area contributed by atoms with Crippen molar-refractivity contribution in [2.45, 2.75) is 77.8 Å². The first kappa shape index (κ1) is 18.3. The van der Waals surface area contributed by atoms with Crippen molar-refractivity contribution in [1.29, 1.82) is 0 Å². The smallest absolute Gasteiger partial charge is 0.272 e. The van der Waals surface area contributed by atoms with E-state index in [1.54, 1.807) is 0 Å². The number of hydrogen-bond acceptors (Lipinski definition) is 2. The number of fused-ring (bicyclic) bond motifs is 1. The summed E-state index contributed by atoms with van der Waals surface area (Å²) in [5, 5.41) is 3.31. The first-order valence-corrected chi connectivity index (χ1v) is 10.6. The number of benzene rings is 1. The Morgan fingerprint density at radius 2 is 1.85 bits per heavy atom. The molecule has 2 heterocycles. The van der Waals surface area contributed by atoms with Crippen molar-refractivity contribution in [1.82, 2.24) is 14.9 Å². The molecule has 1 aliphatic heterocycles. The lowest BCUT2D eigenvalue weighted by atomic mass is 9.86. The Balaban J connectivity index is 1.67. The highest BCUT2D eigenvalue weighted by atomic mass is 16.2. The normalized spacial score (nSPS) is 22.7. The van der Waals surface area contributed by atoms with Crippen molar-refractivity contribution in [3.63, 3.8) is 0 Å². The minimum Gasteiger partial charge on any atom is -0.348 e. The van der Waals surface area contributed by atoms with Gasteiger partial charge in [-0.25, -0.2) is 4.98 Å². The highest BCUT2D eigenvalue weighted by Gasteiger charge is 2.28. The maximum atomic E-state index is 13.2. The second-order valence-electron chi connectivity index (χ2n) is 8.40. The number of aryl methyl sites for hydroxylation is 1. The molecule has 4 rings (SSSR count). The zero-order valence-corrected chi connectivity index (χ0v) is 16.6. The molecule has 1 aromatic carbocycles. The molecule has 1 saturated carbocycles. The van der Waals surface area contributed by atoms with Crippen LogP contribution in [0.2, 0.25) is 0 Å². The summed E-state index contributed by atoms with van der Waals surface area (Å²) in [7, 11) is 0. The molecule has 4 nitrogen and oxygen atoms in total. The Labute approximate surface area is 162 Å². The van der Waals surface area contributed by atoms with Gasteiger partial charge in [0.25, 0.3) is 5.91 Å². The summed E-state index contributed by atoms with van der Waals surface area (Å²) >= 11 is 0. The molecule has 2 aromatic rings. The standard InChI is InChI=1S/C23H31N3O/c1-16-11-13-18(14-12-16)22-25-21(20-10-4-3-7-15-26(20)22)23(27)24-19-9-6-5-8-17(19)2/h11-14,17,19H,3-10,15H2,1-2H3,(H,24,27)/t17-,19+/m0/s1. The maximum absolute atomic E-state index is 13.2. The molecule has 2 atom stereocenters. The van der Waals surface area contributed by atoms with E-state index in [9.17, 15) is 4.79 Å². The zero-order valence-electron chi connectivity index (χ0n) is 16.6. The SMILES string of the molecule is Cc1ccc(-c2nc(C(=O)N[C@@H]3CCCC[C@@H]3C)c3n2CCCCC3)cc1. The van der Waals surface area contributed by atoms with Crippen LogP contribution in [0.3, 0.4) is 0 Å². The quantitative estimate of drug-likeness (QED) is 0.841. The van der Waals surface area contributed by atoms with Gasteiger partial charge in [0.05, 0.1) is 5.69 Å². The van der Waals surface area contributed by atoms with Crippen LogP contribution in [-0.4, -0.2) is 21.5 Å². The van der Waals surface area contributed by atoms with E-state index in [1.165, 1.54) is 31.2 Å². The fraction of sp³-hybridized carbons (Fsp3) is 0.565. The van der Waals surface area contributed by atoms with Crippen LogP contribution in [0.1, 0.15) is 73.6 Å². The predicted molar refractivity (Wildman–Crippen MR) is 109 cm³/mol. The van der Waals surface area contributed by atoms with Crippen LogP contribution >= 0.6 is 0 Å². The lowest BCUT2D eigenvalue weighted by molar-refractivity contribution is 0.0904. The highest BCUT2D eigenvalue weighted by molar-refractivity contribution is 5.94. The fourth-order valence-electron chi connectivity index (χ4n) is 4.59. The van der Waals surface area contributed by atoms with Crippen molar-refractivity contribution >= 4 is 5.91 Å². The van der Waals surface area contributed by atoms with E-state index in [4.69, 9.17) is 4.98 Å². The molecule has 0 unspecified atom stereocenters. The van der Waals surface area contributed by atoms with E-state index in [0.717, 1.165) is 49.3 Å². The Kier molecular flexibility index (Phi) is 5.33. The number of aromatic nitrogens is 2. The summed E-state index contributed by atoms with van der Waals surface area (Å²) < 4.78 is 2.30. The lowest BCUT2D eigenvalue weighted by Gasteiger charge is -2.29. The third-order valence-corrected chi connectivity index (χ3v) is 6.32. The number of nitrogens with zero attached hydrogens (tertiary/aromatic N) is 2. The van der Waals surface area contributed by atoms with Gasteiger partial charge in [-0.2, -0.15) is 0 Å². The monoisotopic (exact) mass is 365 g/mol. The van der Waals surface area contributed by atoms with Crippen LogP contribution in [0.25, 0.3) is 11.4 Å². The molecule has 0 saturated heterocycles. The van der Waals surface area contributed by atoms with Gasteiger partial charge in [0.2, 0.25) is 0 Å². The minimum atomic E-state index is 0.0257. The highest BCUT2D eigenvalue weighted by Crippen LogP contribution is 2.29. The molecule has 0 bridgehead atoms. The van der Waals surface area contributed by atoms with Gasteiger partial charge in [0.15, 0.2) is 0 Å². The van der Waals surface area contributed by atoms with Crippen LogP contribution in [0.15, 0.2) is 24.3 Å². The van der Waals surface area contributed by atoms with Crippen molar-refractivity contribution < 1.29 is 4.79 Å². The minimum absolute atomic E-state index is 0.0257. The van der Waals surface area contributed by atoms with Gasteiger partial charge in [0.1, 0.15) is 11.5 Å². The van der Waals surface area contributed by atoms with Crippen LogP contribution in [0.5, 0.6) is 0 Å². The van der Waals surface area contributed by atoms with Gasteiger partial charge in [-0.15, -0.1) is 0 Å². The van der Waals surface area contributed by atoms with Crippen molar-refractivity contribution in [3.05, 3.63) is 41.2 Å². The Morgan fingerprint density at radius 3 is 2.63 bits per heavy atom. The first-order chi connectivity index (χ1) is 13.1. The molecule has 4 heteroatoms. The third kappa shape index (κ3) is 3.80. The molecule has 27 heavy (non-hydrogen) atoms. The summed E-state index contributed by atoms with van der Waals surface area (Å²) in [5.74, 6) is 1.53. The average Bonchev–Trinajstić information content (AvgIpc) is 2.86.